The second kappa shape index (κ2) is 6.01. The zero-order valence-electron chi connectivity index (χ0n) is 11.5. The molecule has 2 aromatic carbocycles. The summed E-state index contributed by atoms with van der Waals surface area (Å²) in [5.41, 5.74) is 2.54. The van der Waals surface area contributed by atoms with Crippen molar-refractivity contribution in [1.82, 2.24) is 9.97 Å². The number of non-ortho nitro benzene ring substituents is 1. The minimum absolute atomic E-state index is 0.0458. The maximum atomic E-state index is 10.6. The molecule has 0 bridgehead atoms. The fraction of sp³-hybridized carbons (Fsp3) is 0. The molecule has 0 atom stereocenters. The number of aromatic nitrogens is 2. The summed E-state index contributed by atoms with van der Waals surface area (Å²) in [5.74, 6) is 0.440. The van der Waals surface area contributed by atoms with Gasteiger partial charge in [0.2, 0.25) is 5.95 Å². The molecule has 0 spiro atoms. The molecule has 3 aromatic rings. The first-order valence-electron chi connectivity index (χ1n) is 6.62. The summed E-state index contributed by atoms with van der Waals surface area (Å²) >= 11 is 0. The summed E-state index contributed by atoms with van der Waals surface area (Å²) in [7, 11) is 0. The van der Waals surface area contributed by atoms with Crippen molar-refractivity contribution in [1.29, 1.82) is 0 Å². The summed E-state index contributed by atoms with van der Waals surface area (Å²) in [6, 6.07) is 17.7. The van der Waals surface area contributed by atoms with E-state index in [4.69, 9.17) is 0 Å². The molecule has 1 aromatic heterocycles. The number of nitrogens with one attached hydrogen (secondary N) is 1. The Morgan fingerprint density at radius 2 is 1.68 bits per heavy atom. The van der Waals surface area contributed by atoms with E-state index < -0.39 is 4.92 Å². The molecule has 1 N–H and O–H groups in total. The Labute approximate surface area is 126 Å². The summed E-state index contributed by atoms with van der Waals surface area (Å²) < 4.78 is 0. The molecule has 0 fully saturated rings. The van der Waals surface area contributed by atoms with Crippen LogP contribution in [0.2, 0.25) is 0 Å². The van der Waals surface area contributed by atoms with Crippen molar-refractivity contribution in [3.05, 3.63) is 77.0 Å². The topological polar surface area (TPSA) is 81.0 Å². The Bertz CT molecular complexity index is 789. The molecule has 0 saturated heterocycles. The number of nitro benzene ring substituents is 1. The third-order valence-electron chi connectivity index (χ3n) is 3.06. The number of nitro groups is 1. The van der Waals surface area contributed by atoms with Gasteiger partial charge in [-0.05, 0) is 18.2 Å². The second-order valence-corrected chi connectivity index (χ2v) is 4.56. The van der Waals surface area contributed by atoms with Gasteiger partial charge in [0.15, 0.2) is 0 Å². The van der Waals surface area contributed by atoms with Crippen LogP contribution < -0.4 is 5.32 Å². The highest BCUT2D eigenvalue weighted by molar-refractivity contribution is 5.62. The van der Waals surface area contributed by atoms with Gasteiger partial charge >= 0.3 is 0 Å². The number of hydrogen-bond donors (Lipinski definition) is 1. The fourth-order valence-electron chi connectivity index (χ4n) is 1.98. The van der Waals surface area contributed by atoms with Crippen LogP contribution in [-0.2, 0) is 0 Å². The van der Waals surface area contributed by atoms with Crippen molar-refractivity contribution in [2.75, 3.05) is 5.32 Å². The van der Waals surface area contributed by atoms with Crippen LogP contribution in [0.5, 0.6) is 0 Å². The molecular weight excluding hydrogens is 280 g/mol. The van der Waals surface area contributed by atoms with Gasteiger partial charge in [-0.1, -0.05) is 30.3 Å². The summed E-state index contributed by atoms with van der Waals surface area (Å²) in [6.45, 7) is 0. The molecule has 0 aliphatic heterocycles. The van der Waals surface area contributed by atoms with Crippen LogP contribution in [0.15, 0.2) is 66.9 Å². The fourth-order valence-corrected chi connectivity index (χ4v) is 1.98. The van der Waals surface area contributed by atoms with Crippen LogP contribution in [0.3, 0.4) is 0 Å². The molecule has 0 aliphatic rings. The van der Waals surface area contributed by atoms with Crippen molar-refractivity contribution in [2.24, 2.45) is 0 Å². The predicted molar refractivity (Wildman–Crippen MR) is 83.8 cm³/mol. The lowest BCUT2D eigenvalue weighted by molar-refractivity contribution is -0.384. The van der Waals surface area contributed by atoms with Crippen molar-refractivity contribution >= 4 is 17.3 Å². The molecule has 3 rings (SSSR count). The van der Waals surface area contributed by atoms with E-state index in [1.165, 1.54) is 12.1 Å². The third kappa shape index (κ3) is 3.06. The van der Waals surface area contributed by atoms with Gasteiger partial charge in [-0.25, -0.2) is 9.97 Å². The van der Waals surface area contributed by atoms with E-state index in [9.17, 15) is 10.1 Å². The lowest BCUT2D eigenvalue weighted by Crippen LogP contribution is -1.98. The van der Waals surface area contributed by atoms with E-state index in [0.29, 0.717) is 11.6 Å². The summed E-state index contributed by atoms with van der Waals surface area (Å²) in [4.78, 5) is 18.8. The summed E-state index contributed by atoms with van der Waals surface area (Å²) in [6.07, 6.45) is 1.67. The number of rotatable bonds is 4. The predicted octanol–water partition coefficient (Wildman–Crippen LogP) is 3.80. The van der Waals surface area contributed by atoms with Crippen LogP contribution in [0.25, 0.3) is 11.3 Å². The Hall–Kier alpha value is -3.28. The van der Waals surface area contributed by atoms with Gasteiger partial charge < -0.3 is 5.32 Å². The van der Waals surface area contributed by atoms with E-state index >= 15 is 0 Å². The van der Waals surface area contributed by atoms with Gasteiger partial charge in [-0.2, -0.15) is 0 Å². The number of benzene rings is 2. The van der Waals surface area contributed by atoms with Crippen LogP contribution in [-0.4, -0.2) is 14.9 Å². The lowest BCUT2D eigenvalue weighted by Gasteiger charge is -2.06. The Morgan fingerprint density at radius 3 is 2.36 bits per heavy atom. The number of anilines is 2. The monoisotopic (exact) mass is 292 g/mol. The van der Waals surface area contributed by atoms with Crippen LogP contribution in [0.1, 0.15) is 0 Å². The first-order chi connectivity index (χ1) is 10.7. The van der Waals surface area contributed by atoms with E-state index in [0.717, 1.165) is 11.3 Å². The zero-order valence-corrected chi connectivity index (χ0v) is 11.5. The average Bonchev–Trinajstić information content (AvgIpc) is 2.56. The van der Waals surface area contributed by atoms with Crippen molar-refractivity contribution in [2.45, 2.75) is 0 Å². The molecule has 6 heteroatoms. The molecular formula is C16H12N4O2. The van der Waals surface area contributed by atoms with Crippen LogP contribution in [0.4, 0.5) is 17.3 Å². The first-order valence-corrected chi connectivity index (χ1v) is 6.62. The normalized spacial score (nSPS) is 10.2. The molecule has 0 amide bonds. The first kappa shape index (κ1) is 13.7. The smallest absolute Gasteiger partial charge is 0.269 e. The van der Waals surface area contributed by atoms with Gasteiger partial charge in [0.1, 0.15) is 0 Å². The SMILES string of the molecule is O=[N+]([O-])c1ccc(Nc2nccc(-c3ccccc3)n2)cc1. The highest BCUT2D eigenvalue weighted by Gasteiger charge is 2.05. The van der Waals surface area contributed by atoms with E-state index in [-0.39, 0.29) is 5.69 Å². The number of nitrogens with zero attached hydrogens (tertiary/aromatic N) is 3. The minimum Gasteiger partial charge on any atom is -0.324 e. The standard InChI is InChI=1S/C16H12N4O2/c21-20(22)14-8-6-13(7-9-14)18-16-17-11-10-15(19-16)12-4-2-1-3-5-12/h1-11H,(H,17,18,19). The Balaban J connectivity index is 1.82. The Kier molecular flexibility index (Phi) is 3.74. The molecule has 108 valence electrons. The van der Waals surface area contributed by atoms with E-state index in [2.05, 4.69) is 15.3 Å². The van der Waals surface area contributed by atoms with Gasteiger partial charge in [0.25, 0.3) is 5.69 Å². The molecule has 0 radical (unpaired) electrons. The van der Waals surface area contributed by atoms with Crippen LogP contribution >= 0.6 is 0 Å². The van der Waals surface area contributed by atoms with E-state index in [1.54, 1.807) is 18.3 Å². The minimum atomic E-state index is -0.434. The van der Waals surface area contributed by atoms with Gasteiger partial charge in [-0.15, -0.1) is 0 Å². The highest BCUT2D eigenvalue weighted by atomic mass is 16.6. The van der Waals surface area contributed by atoms with Crippen LogP contribution in [0, 0.1) is 10.1 Å². The molecule has 0 unspecified atom stereocenters. The van der Waals surface area contributed by atoms with Gasteiger partial charge in [-0.3, -0.25) is 10.1 Å². The Morgan fingerprint density at radius 1 is 0.955 bits per heavy atom. The van der Waals surface area contributed by atoms with Gasteiger partial charge in [0, 0.05) is 29.6 Å². The molecule has 0 aliphatic carbocycles. The average molecular weight is 292 g/mol. The lowest BCUT2D eigenvalue weighted by atomic mass is 10.1. The molecule has 6 nitrogen and oxygen atoms in total. The molecule has 22 heavy (non-hydrogen) atoms. The van der Waals surface area contributed by atoms with Crippen molar-refractivity contribution in [3.8, 4) is 11.3 Å². The molecule has 1 heterocycles. The quantitative estimate of drug-likeness (QED) is 0.584. The number of hydrogen-bond acceptors (Lipinski definition) is 5. The van der Waals surface area contributed by atoms with Crippen molar-refractivity contribution in [3.63, 3.8) is 0 Å². The maximum absolute atomic E-state index is 10.6. The highest BCUT2D eigenvalue weighted by Crippen LogP contribution is 2.20. The van der Waals surface area contributed by atoms with E-state index in [1.807, 2.05) is 36.4 Å². The van der Waals surface area contributed by atoms with Gasteiger partial charge in [0.05, 0.1) is 10.6 Å². The second-order valence-electron chi connectivity index (χ2n) is 4.56. The van der Waals surface area contributed by atoms with Crippen molar-refractivity contribution < 1.29 is 4.92 Å². The summed E-state index contributed by atoms with van der Waals surface area (Å²) in [5, 5.41) is 13.7. The third-order valence-corrected chi connectivity index (χ3v) is 3.06. The zero-order chi connectivity index (χ0) is 15.4. The maximum Gasteiger partial charge on any atom is 0.269 e. The molecule has 0 saturated carbocycles. The largest absolute Gasteiger partial charge is 0.324 e.